The number of benzene rings is 2. The highest BCUT2D eigenvalue weighted by atomic mass is 16.5. The summed E-state index contributed by atoms with van der Waals surface area (Å²) in [6.07, 6.45) is 5.59. The number of methoxy groups -OCH3 is 1. The van der Waals surface area contributed by atoms with Crippen molar-refractivity contribution in [1.29, 1.82) is 0 Å². The first-order valence-electron chi connectivity index (χ1n) is 8.17. The molecule has 0 aliphatic rings. The Kier molecular flexibility index (Phi) is 4.15. The van der Waals surface area contributed by atoms with Crippen molar-refractivity contribution in [3.8, 4) is 17.1 Å². The molecule has 128 valence electrons. The Bertz CT molecular complexity index is 1070. The molecular formula is C20H17N5O. The van der Waals surface area contributed by atoms with E-state index >= 15 is 0 Å². The highest BCUT2D eigenvalue weighted by molar-refractivity contribution is 5.90. The molecule has 0 spiro atoms. The number of nitrogens with two attached hydrogens (primary N) is 1. The smallest absolute Gasteiger partial charge is 0.165 e. The van der Waals surface area contributed by atoms with E-state index in [1.54, 1.807) is 19.5 Å². The van der Waals surface area contributed by atoms with Crippen molar-refractivity contribution >= 4 is 16.7 Å². The van der Waals surface area contributed by atoms with Crippen LogP contribution in [0.1, 0.15) is 11.1 Å². The van der Waals surface area contributed by atoms with Gasteiger partial charge in [0.05, 0.1) is 18.2 Å². The second kappa shape index (κ2) is 6.76. The summed E-state index contributed by atoms with van der Waals surface area (Å²) in [4.78, 5) is 17.0. The topological polar surface area (TPSA) is 86.8 Å². The number of ether oxygens (including phenoxy) is 1. The van der Waals surface area contributed by atoms with Gasteiger partial charge in [0.2, 0.25) is 0 Å². The second-order valence-corrected chi connectivity index (χ2v) is 5.94. The number of fused-ring (bicyclic) bond motifs is 1. The normalized spacial score (nSPS) is 10.8. The fraction of sp³-hybridized carbons (Fsp3) is 0.100. The fourth-order valence-electron chi connectivity index (χ4n) is 2.87. The van der Waals surface area contributed by atoms with Crippen LogP contribution >= 0.6 is 0 Å². The lowest BCUT2D eigenvalue weighted by Gasteiger charge is -2.08. The number of hydrogen-bond donors (Lipinski definition) is 1. The maximum Gasteiger partial charge on any atom is 0.165 e. The van der Waals surface area contributed by atoms with E-state index < -0.39 is 0 Å². The van der Waals surface area contributed by atoms with Gasteiger partial charge >= 0.3 is 0 Å². The van der Waals surface area contributed by atoms with Crippen LogP contribution in [0.15, 0.2) is 61.2 Å². The summed E-state index contributed by atoms with van der Waals surface area (Å²) in [5.74, 6) is 1.82. The molecule has 4 rings (SSSR count). The quantitative estimate of drug-likeness (QED) is 0.612. The van der Waals surface area contributed by atoms with Crippen LogP contribution in [0.3, 0.4) is 0 Å². The minimum Gasteiger partial charge on any atom is -0.497 e. The van der Waals surface area contributed by atoms with Gasteiger partial charge < -0.3 is 10.5 Å². The zero-order chi connectivity index (χ0) is 17.9. The molecule has 0 aliphatic heterocycles. The molecule has 0 fully saturated rings. The molecule has 4 aromatic rings. The molecule has 0 aliphatic carbocycles. The van der Waals surface area contributed by atoms with Crippen LogP contribution in [0.2, 0.25) is 0 Å². The maximum absolute atomic E-state index is 6.19. The first-order chi connectivity index (χ1) is 12.7. The SMILES string of the molecule is COc1cccc(Cc2ccc3nc(-c4cncnc4)nc(N)c3c2)c1. The van der Waals surface area contributed by atoms with Crippen molar-refractivity contribution in [2.24, 2.45) is 0 Å². The van der Waals surface area contributed by atoms with E-state index in [1.165, 1.54) is 11.9 Å². The lowest BCUT2D eigenvalue weighted by molar-refractivity contribution is 0.414. The number of hydrogen-bond acceptors (Lipinski definition) is 6. The van der Waals surface area contributed by atoms with Crippen molar-refractivity contribution in [2.75, 3.05) is 12.8 Å². The van der Waals surface area contributed by atoms with E-state index in [2.05, 4.69) is 32.1 Å². The molecule has 26 heavy (non-hydrogen) atoms. The Hall–Kier alpha value is -3.54. The predicted octanol–water partition coefficient (Wildman–Crippen LogP) is 3.27. The highest BCUT2D eigenvalue weighted by Gasteiger charge is 2.09. The van der Waals surface area contributed by atoms with Crippen molar-refractivity contribution < 1.29 is 4.74 Å². The van der Waals surface area contributed by atoms with Gasteiger partial charge in [0.15, 0.2) is 5.82 Å². The van der Waals surface area contributed by atoms with E-state index in [0.717, 1.165) is 34.2 Å². The number of rotatable bonds is 4. The summed E-state index contributed by atoms with van der Waals surface area (Å²) in [5, 5.41) is 0.839. The lowest BCUT2D eigenvalue weighted by Crippen LogP contribution is -1.99. The molecule has 6 nitrogen and oxygen atoms in total. The average Bonchev–Trinajstić information content (AvgIpc) is 2.69. The van der Waals surface area contributed by atoms with E-state index in [9.17, 15) is 0 Å². The molecule has 0 saturated carbocycles. The minimum absolute atomic E-state index is 0.446. The van der Waals surface area contributed by atoms with E-state index in [0.29, 0.717) is 11.6 Å². The van der Waals surface area contributed by atoms with Crippen LogP contribution < -0.4 is 10.5 Å². The average molecular weight is 343 g/mol. The number of anilines is 1. The molecule has 0 radical (unpaired) electrons. The van der Waals surface area contributed by atoms with E-state index in [-0.39, 0.29) is 0 Å². The van der Waals surface area contributed by atoms with Gasteiger partial charge in [-0.15, -0.1) is 0 Å². The number of aromatic nitrogens is 4. The summed E-state index contributed by atoms with van der Waals surface area (Å²) >= 11 is 0. The molecule has 2 heterocycles. The van der Waals surface area contributed by atoms with Crippen LogP contribution in [-0.4, -0.2) is 27.0 Å². The van der Waals surface area contributed by atoms with Gasteiger partial charge in [-0.3, -0.25) is 0 Å². The van der Waals surface area contributed by atoms with E-state index in [4.69, 9.17) is 10.5 Å². The third kappa shape index (κ3) is 3.17. The lowest BCUT2D eigenvalue weighted by atomic mass is 10.0. The maximum atomic E-state index is 6.19. The Labute approximate surface area is 150 Å². The molecule has 0 unspecified atom stereocenters. The third-order valence-corrected chi connectivity index (χ3v) is 4.15. The van der Waals surface area contributed by atoms with Crippen molar-refractivity contribution in [1.82, 2.24) is 19.9 Å². The Morgan fingerprint density at radius 1 is 0.962 bits per heavy atom. The van der Waals surface area contributed by atoms with Gasteiger partial charge in [-0.2, -0.15) is 0 Å². The molecule has 6 heteroatoms. The largest absolute Gasteiger partial charge is 0.497 e. The third-order valence-electron chi connectivity index (χ3n) is 4.15. The van der Waals surface area contributed by atoms with Crippen LogP contribution in [0.4, 0.5) is 5.82 Å². The molecule has 0 saturated heterocycles. The van der Waals surface area contributed by atoms with Gasteiger partial charge in [0.1, 0.15) is 17.9 Å². The van der Waals surface area contributed by atoms with Crippen molar-refractivity contribution in [3.63, 3.8) is 0 Å². The van der Waals surface area contributed by atoms with Gasteiger partial charge in [-0.05, 0) is 41.8 Å². The molecule has 0 amide bonds. The molecular weight excluding hydrogens is 326 g/mol. The van der Waals surface area contributed by atoms with Gasteiger partial charge in [-0.1, -0.05) is 18.2 Å². The van der Waals surface area contributed by atoms with Crippen LogP contribution in [0.5, 0.6) is 5.75 Å². The summed E-state index contributed by atoms with van der Waals surface area (Å²) < 4.78 is 5.29. The Morgan fingerprint density at radius 3 is 2.58 bits per heavy atom. The zero-order valence-electron chi connectivity index (χ0n) is 14.3. The van der Waals surface area contributed by atoms with E-state index in [1.807, 2.05) is 30.3 Å². The highest BCUT2D eigenvalue weighted by Crippen LogP contribution is 2.25. The first-order valence-corrected chi connectivity index (χ1v) is 8.17. The van der Waals surface area contributed by atoms with Crippen molar-refractivity contribution in [2.45, 2.75) is 6.42 Å². The second-order valence-electron chi connectivity index (χ2n) is 5.94. The Morgan fingerprint density at radius 2 is 1.77 bits per heavy atom. The summed E-state index contributed by atoms with van der Waals surface area (Å²) in [5.41, 5.74) is 10.0. The predicted molar refractivity (Wildman–Crippen MR) is 101 cm³/mol. The molecule has 0 bridgehead atoms. The molecule has 0 atom stereocenters. The summed E-state index contributed by atoms with van der Waals surface area (Å²) in [6, 6.07) is 14.1. The van der Waals surface area contributed by atoms with Crippen molar-refractivity contribution in [3.05, 3.63) is 72.3 Å². The molecule has 2 N–H and O–H groups in total. The number of nitrogen functional groups attached to an aromatic ring is 1. The van der Waals surface area contributed by atoms with Crippen LogP contribution in [-0.2, 0) is 6.42 Å². The van der Waals surface area contributed by atoms with Crippen LogP contribution in [0.25, 0.3) is 22.3 Å². The summed E-state index contributed by atoms with van der Waals surface area (Å²) in [6.45, 7) is 0. The molecule has 2 aromatic carbocycles. The van der Waals surface area contributed by atoms with Gasteiger partial charge in [0, 0.05) is 17.8 Å². The molecule has 2 aromatic heterocycles. The Balaban J connectivity index is 1.70. The first kappa shape index (κ1) is 16.0. The monoisotopic (exact) mass is 343 g/mol. The van der Waals surface area contributed by atoms with Gasteiger partial charge in [-0.25, -0.2) is 19.9 Å². The van der Waals surface area contributed by atoms with Gasteiger partial charge in [0.25, 0.3) is 0 Å². The summed E-state index contributed by atoms with van der Waals surface area (Å²) in [7, 11) is 1.67. The number of nitrogens with zero attached hydrogens (tertiary/aromatic N) is 4. The standard InChI is InChI=1S/C20H17N5O/c1-26-16-4-2-3-13(8-16)7-14-5-6-18-17(9-14)19(21)25-20(24-18)15-10-22-12-23-11-15/h2-6,8-12H,7H2,1H3,(H2,21,24,25). The minimum atomic E-state index is 0.446. The van der Waals surface area contributed by atoms with Crippen LogP contribution in [0, 0.1) is 0 Å². The fourth-order valence-corrected chi connectivity index (χ4v) is 2.87. The zero-order valence-corrected chi connectivity index (χ0v) is 14.3.